The average molecular weight is 491 g/mol. The fraction of sp³-hybridized carbons (Fsp3) is 0.783. The van der Waals surface area contributed by atoms with E-state index in [9.17, 15) is 18.0 Å². The molecule has 0 aromatic carbocycles. The molecule has 4 heterocycles. The molecule has 5 aliphatic rings. The Morgan fingerprint density at radius 3 is 2.31 bits per heavy atom. The predicted molar refractivity (Wildman–Crippen MR) is 116 cm³/mol. The van der Waals surface area contributed by atoms with Gasteiger partial charge in [0.15, 0.2) is 5.82 Å². The summed E-state index contributed by atoms with van der Waals surface area (Å²) in [6, 6.07) is 0.571. The van der Waals surface area contributed by atoms with Crippen molar-refractivity contribution in [3.8, 4) is 0 Å². The molecule has 188 valence electrons. The van der Waals surface area contributed by atoms with Crippen molar-refractivity contribution in [1.29, 1.82) is 0 Å². The smallest absolute Gasteiger partial charge is 0.323 e. The molecule has 3 aliphatic carbocycles. The number of carbonyl (C=O) groups is 1. The Bertz CT molecular complexity index is 1130. The molecule has 2 aromatic heterocycles. The molecule has 0 unspecified atom stereocenters. The number of halogens is 3. The van der Waals surface area contributed by atoms with Crippen molar-refractivity contribution < 1.29 is 18.0 Å². The molecule has 3 saturated carbocycles. The summed E-state index contributed by atoms with van der Waals surface area (Å²) in [5.41, 5.74) is 1.07. The summed E-state index contributed by atoms with van der Waals surface area (Å²) >= 11 is 0. The van der Waals surface area contributed by atoms with Crippen LogP contribution in [0.4, 0.5) is 18.0 Å². The third kappa shape index (κ3) is 3.88. The maximum absolute atomic E-state index is 12.9. The molecule has 0 bridgehead atoms. The molecule has 2 amide bonds. The van der Waals surface area contributed by atoms with Crippen LogP contribution in [0.5, 0.6) is 0 Å². The van der Waals surface area contributed by atoms with Gasteiger partial charge in [-0.05, 0) is 50.9 Å². The summed E-state index contributed by atoms with van der Waals surface area (Å²) in [6.07, 6.45) is 6.19. The van der Waals surface area contributed by atoms with E-state index in [2.05, 4.69) is 20.4 Å². The molecule has 0 radical (unpaired) electrons. The minimum absolute atomic E-state index is 0.153. The van der Waals surface area contributed by atoms with Crippen LogP contribution in [0.3, 0.4) is 0 Å². The lowest BCUT2D eigenvalue weighted by atomic mass is 9.56. The molecule has 0 N–H and O–H groups in total. The first-order valence-electron chi connectivity index (χ1n) is 12.6. The van der Waals surface area contributed by atoms with Crippen LogP contribution in [-0.4, -0.2) is 77.9 Å². The minimum Gasteiger partial charge on any atom is -0.323 e. The first-order valence-corrected chi connectivity index (χ1v) is 12.6. The van der Waals surface area contributed by atoms with Gasteiger partial charge in [0.25, 0.3) is 0 Å². The number of amides is 2. The quantitative estimate of drug-likeness (QED) is 0.643. The van der Waals surface area contributed by atoms with E-state index >= 15 is 0 Å². The maximum Gasteiger partial charge on any atom is 0.408 e. The number of aromatic nitrogens is 6. The lowest BCUT2D eigenvalue weighted by Crippen LogP contribution is -2.71. The summed E-state index contributed by atoms with van der Waals surface area (Å²) in [4.78, 5) is 21.3. The van der Waals surface area contributed by atoms with Gasteiger partial charge in [0.05, 0.1) is 11.7 Å². The zero-order valence-corrected chi connectivity index (χ0v) is 19.5. The molecule has 2 aromatic rings. The number of rotatable bonds is 5. The normalized spacial score (nSPS) is 25.3. The number of carbonyl (C=O) groups excluding carboxylic acids is 1. The second-order valence-corrected chi connectivity index (χ2v) is 11.9. The van der Waals surface area contributed by atoms with Gasteiger partial charge in [-0.15, -0.1) is 5.10 Å². The predicted octanol–water partition coefficient (Wildman–Crippen LogP) is 3.02. The van der Waals surface area contributed by atoms with Crippen LogP contribution in [-0.2, 0) is 13.0 Å². The number of alkyl halides is 3. The van der Waals surface area contributed by atoms with Gasteiger partial charge in [-0.3, -0.25) is 0 Å². The van der Waals surface area contributed by atoms with E-state index in [1.54, 1.807) is 0 Å². The second kappa shape index (κ2) is 7.19. The highest BCUT2D eigenvalue weighted by Crippen LogP contribution is 2.56. The van der Waals surface area contributed by atoms with Crippen LogP contribution in [0, 0.1) is 16.7 Å². The van der Waals surface area contributed by atoms with Gasteiger partial charge in [-0.25, -0.2) is 19.1 Å². The highest BCUT2D eigenvalue weighted by molar-refractivity contribution is 5.77. The molecular weight excluding hydrogens is 461 g/mol. The van der Waals surface area contributed by atoms with E-state index in [1.165, 1.54) is 19.0 Å². The summed E-state index contributed by atoms with van der Waals surface area (Å²) in [5, 5.41) is 12.2. The van der Waals surface area contributed by atoms with Gasteiger partial charge >= 0.3 is 12.2 Å². The van der Waals surface area contributed by atoms with Gasteiger partial charge in [0, 0.05) is 49.1 Å². The van der Waals surface area contributed by atoms with E-state index in [0.717, 1.165) is 62.4 Å². The highest BCUT2D eigenvalue weighted by atomic mass is 19.4. The van der Waals surface area contributed by atoms with Crippen LogP contribution in [0.1, 0.15) is 62.0 Å². The Hall–Kier alpha value is -2.66. The summed E-state index contributed by atoms with van der Waals surface area (Å²) in [6.45, 7) is 2.15. The van der Waals surface area contributed by atoms with Gasteiger partial charge in [0.1, 0.15) is 12.9 Å². The minimum atomic E-state index is -4.29. The largest absolute Gasteiger partial charge is 0.408 e. The maximum atomic E-state index is 12.9. The topological polar surface area (TPSA) is 85.0 Å². The Morgan fingerprint density at radius 2 is 1.69 bits per heavy atom. The van der Waals surface area contributed by atoms with Crippen LogP contribution in [0.2, 0.25) is 0 Å². The first-order chi connectivity index (χ1) is 16.7. The zero-order valence-electron chi connectivity index (χ0n) is 19.5. The fourth-order valence-corrected chi connectivity index (χ4v) is 6.93. The molecule has 2 spiro atoms. The van der Waals surface area contributed by atoms with Crippen molar-refractivity contribution in [3.63, 3.8) is 0 Å². The number of urea groups is 1. The molecule has 2 saturated heterocycles. The first kappa shape index (κ1) is 21.6. The molecule has 12 heteroatoms. The third-order valence-corrected chi connectivity index (χ3v) is 8.69. The van der Waals surface area contributed by atoms with E-state index < -0.39 is 12.7 Å². The lowest BCUT2D eigenvalue weighted by Gasteiger charge is -2.63. The number of nitrogens with zero attached hydrogens (tertiary/aromatic N) is 8. The van der Waals surface area contributed by atoms with Crippen molar-refractivity contribution in [2.24, 2.45) is 16.7 Å². The zero-order chi connectivity index (χ0) is 24.0. The molecule has 9 nitrogen and oxygen atoms in total. The third-order valence-electron chi connectivity index (χ3n) is 8.69. The number of hydrogen-bond donors (Lipinski definition) is 0. The Kier molecular flexibility index (Phi) is 4.44. The lowest BCUT2D eigenvalue weighted by molar-refractivity contribution is -0.142. The van der Waals surface area contributed by atoms with Crippen molar-refractivity contribution in [2.75, 3.05) is 26.2 Å². The number of hydrogen-bond acceptors (Lipinski definition) is 5. The summed E-state index contributed by atoms with van der Waals surface area (Å²) in [7, 11) is 0. The van der Waals surface area contributed by atoms with E-state index in [0.29, 0.717) is 30.0 Å². The van der Waals surface area contributed by atoms with Crippen molar-refractivity contribution >= 4 is 6.03 Å². The molecule has 2 aliphatic heterocycles. The fourth-order valence-electron chi connectivity index (χ4n) is 6.93. The molecular formula is C23H29F3N8O. The van der Waals surface area contributed by atoms with E-state index in [1.807, 2.05) is 20.8 Å². The summed E-state index contributed by atoms with van der Waals surface area (Å²) in [5.74, 6) is 1.97. The number of likely N-dealkylation sites (tertiary alicyclic amines) is 2. The second-order valence-electron chi connectivity index (χ2n) is 11.9. The molecule has 0 atom stereocenters. The van der Waals surface area contributed by atoms with Crippen LogP contribution in [0.15, 0.2) is 12.5 Å². The monoisotopic (exact) mass is 490 g/mol. The molecule has 5 fully saturated rings. The highest BCUT2D eigenvalue weighted by Gasteiger charge is 2.58. The average Bonchev–Trinajstić information content (AvgIpc) is 3.24. The Morgan fingerprint density at radius 1 is 1.03 bits per heavy atom. The standard InChI is InChI=1S/C23H29F3N8O/c24-23(25,26)13-33-8-17(28-30-33)3-15-4-21(5-15)9-31(10-21)20(35)32-11-22(12-32)6-18(7-22)34-14-27-19(29-34)16-1-2-16/h8,14-16,18H,1-7,9-13H2. The Labute approximate surface area is 200 Å². The van der Waals surface area contributed by atoms with Gasteiger partial charge in [-0.2, -0.15) is 18.3 Å². The van der Waals surface area contributed by atoms with Gasteiger partial charge in [0.2, 0.25) is 0 Å². The van der Waals surface area contributed by atoms with Gasteiger partial charge < -0.3 is 9.80 Å². The van der Waals surface area contributed by atoms with E-state index in [4.69, 9.17) is 0 Å². The molecule has 35 heavy (non-hydrogen) atoms. The van der Waals surface area contributed by atoms with Crippen LogP contribution < -0.4 is 0 Å². The van der Waals surface area contributed by atoms with E-state index in [-0.39, 0.29) is 16.9 Å². The molecule has 7 rings (SSSR count). The van der Waals surface area contributed by atoms with Crippen molar-refractivity contribution in [2.45, 2.75) is 69.6 Å². The van der Waals surface area contributed by atoms with Crippen LogP contribution >= 0.6 is 0 Å². The van der Waals surface area contributed by atoms with Crippen LogP contribution in [0.25, 0.3) is 0 Å². The van der Waals surface area contributed by atoms with Crippen molar-refractivity contribution in [3.05, 3.63) is 24.0 Å². The SMILES string of the molecule is O=C(N1CC2(CC(Cc3cn(CC(F)(F)F)nn3)C2)C1)N1CC2(CC(n3cnc(C4CC4)n3)C2)C1. The Balaban J connectivity index is 0.832. The van der Waals surface area contributed by atoms with Crippen molar-refractivity contribution in [1.82, 2.24) is 39.6 Å². The van der Waals surface area contributed by atoms with Gasteiger partial charge in [-0.1, -0.05) is 5.21 Å². The summed E-state index contributed by atoms with van der Waals surface area (Å²) < 4.78 is 40.3.